The van der Waals surface area contributed by atoms with Gasteiger partial charge in [0.15, 0.2) is 6.61 Å². The number of esters is 1. The molecule has 0 heterocycles. The van der Waals surface area contributed by atoms with Gasteiger partial charge in [0.05, 0.1) is 5.02 Å². The van der Waals surface area contributed by atoms with Gasteiger partial charge in [-0.25, -0.2) is 4.79 Å². The van der Waals surface area contributed by atoms with E-state index in [1.54, 1.807) is 12.1 Å². The molecule has 0 bridgehead atoms. The standard InChI is InChI=1S/C10H11Cl2NO3/c11-7-1-2-9(8(12)5-7)16-6-10(14)15-4-3-13/h1-2,5H,3-4,6,13H2. The molecule has 6 heteroatoms. The molecule has 4 nitrogen and oxygen atoms in total. The van der Waals surface area contributed by atoms with E-state index in [1.165, 1.54) is 6.07 Å². The first-order valence-corrected chi connectivity index (χ1v) is 5.32. The van der Waals surface area contributed by atoms with E-state index in [9.17, 15) is 4.79 Å². The van der Waals surface area contributed by atoms with Crippen molar-refractivity contribution in [3.8, 4) is 5.75 Å². The molecule has 88 valence electrons. The summed E-state index contributed by atoms with van der Waals surface area (Å²) < 4.78 is 9.86. The molecular weight excluding hydrogens is 253 g/mol. The number of hydrogen-bond acceptors (Lipinski definition) is 4. The van der Waals surface area contributed by atoms with Gasteiger partial charge in [-0.05, 0) is 18.2 Å². The Hall–Kier alpha value is -0.970. The molecular formula is C10H11Cl2NO3. The summed E-state index contributed by atoms with van der Waals surface area (Å²) in [5, 5.41) is 0.849. The van der Waals surface area contributed by atoms with Gasteiger partial charge in [-0.3, -0.25) is 0 Å². The summed E-state index contributed by atoms with van der Waals surface area (Å²) in [5.74, 6) is -0.104. The summed E-state index contributed by atoms with van der Waals surface area (Å²) in [5.41, 5.74) is 5.17. The molecule has 0 fully saturated rings. The Morgan fingerprint density at radius 2 is 2.12 bits per heavy atom. The quantitative estimate of drug-likeness (QED) is 0.825. The van der Waals surface area contributed by atoms with Crippen LogP contribution in [-0.4, -0.2) is 25.7 Å². The summed E-state index contributed by atoms with van der Waals surface area (Å²) >= 11 is 11.5. The molecule has 1 aromatic carbocycles. The van der Waals surface area contributed by atoms with Crippen molar-refractivity contribution in [3.05, 3.63) is 28.2 Å². The molecule has 0 radical (unpaired) electrons. The highest BCUT2D eigenvalue weighted by molar-refractivity contribution is 6.35. The van der Waals surface area contributed by atoms with Crippen LogP contribution in [0.3, 0.4) is 0 Å². The highest BCUT2D eigenvalue weighted by atomic mass is 35.5. The van der Waals surface area contributed by atoms with Crippen LogP contribution in [0.1, 0.15) is 0 Å². The second-order valence-corrected chi connectivity index (χ2v) is 3.72. The van der Waals surface area contributed by atoms with E-state index in [1.807, 2.05) is 0 Å². The van der Waals surface area contributed by atoms with Gasteiger partial charge in [0, 0.05) is 11.6 Å². The van der Waals surface area contributed by atoms with Gasteiger partial charge in [0.25, 0.3) is 0 Å². The Balaban J connectivity index is 2.45. The molecule has 0 spiro atoms. The minimum Gasteiger partial charge on any atom is -0.480 e. The zero-order valence-corrected chi connectivity index (χ0v) is 9.92. The Kier molecular flexibility index (Phi) is 5.38. The van der Waals surface area contributed by atoms with Crippen molar-refractivity contribution in [1.82, 2.24) is 0 Å². The van der Waals surface area contributed by atoms with Crippen LogP contribution in [-0.2, 0) is 9.53 Å². The van der Waals surface area contributed by atoms with Gasteiger partial charge >= 0.3 is 5.97 Å². The van der Waals surface area contributed by atoms with E-state index in [0.717, 1.165) is 0 Å². The van der Waals surface area contributed by atoms with Crippen LogP contribution in [0.2, 0.25) is 10.0 Å². The minimum absolute atomic E-state index is 0.177. The second kappa shape index (κ2) is 6.58. The van der Waals surface area contributed by atoms with E-state index < -0.39 is 5.97 Å². The largest absolute Gasteiger partial charge is 0.480 e. The molecule has 0 aliphatic rings. The third kappa shape index (κ3) is 4.26. The van der Waals surface area contributed by atoms with Gasteiger partial charge in [-0.2, -0.15) is 0 Å². The number of benzene rings is 1. The Morgan fingerprint density at radius 3 is 2.75 bits per heavy atom. The van der Waals surface area contributed by atoms with E-state index >= 15 is 0 Å². The van der Waals surface area contributed by atoms with E-state index in [2.05, 4.69) is 0 Å². The van der Waals surface area contributed by atoms with Crippen LogP contribution in [0.25, 0.3) is 0 Å². The van der Waals surface area contributed by atoms with Gasteiger partial charge in [0.1, 0.15) is 12.4 Å². The average molecular weight is 264 g/mol. The number of carbonyl (C=O) groups is 1. The zero-order chi connectivity index (χ0) is 12.0. The Bertz CT molecular complexity index is 371. The van der Waals surface area contributed by atoms with E-state index in [4.69, 9.17) is 38.4 Å². The van der Waals surface area contributed by atoms with Crippen molar-refractivity contribution in [2.75, 3.05) is 19.8 Å². The highest BCUT2D eigenvalue weighted by Crippen LogP contribution is 2.27. The Morgan fingerprint density at radius 1 is 1.38 bits per heavy atom. The lowest BCUT2D eigenvalue weighted by Crippen LogP contribution is -2.19. The first-order valence-electron chi connectivity index (χ1n) is 4.57. The number of rotatable bonds is 5. The van der Waals surface area contributed by atoms with Gasteiger partial charge in [-0.1, -0.05) is 23.2 Å². The van der Waals surface area contributed by atoms with E-state index in [-0.39, 0.29) is 19.8 Å². The summed E-state index contributed by atoms with van der Waals surface area (Å²) in [6, 6.07) is 4.73. The Labute approximate surface area is 103 Å². The SMILES string of the molecule is NCCOC(=O)COc1ccc(Cl)cc1Cl. The van der Waals surface area contributed by atoms with Crippen LogP contribution in [0.4, 0.5) is 0 Å². The summed E-state index contributed by atoms with van der Waals surface area (Å²) in [6.07, 6.45) is 0. The van der Waals surface area contributed by atoms with Crippen LogP contribution in [0.15, 0.2) is 18.2 Å². The summed E-state index contributed by atoms with van der Waals surface area (Å²) in [4.78, 5) is 11.1. The average Bonchev–Trinajstić information content (AvgIpc) is 2.25. The van der Waals surface area contributed by atoms with Gasteiger partial charge in [0.2, 0.25) is 0 Å². The van der Waals surface area contributed by atoms with Crippen LogP contribution in [0, 0.1) is 0 Å². The van der Waals surface area contributed by atoms with Crippen LogP contribution < -0.4 is 10.5 Å². The van der Waals surface area contributed by atoms with Crippen molar-refractivity contribution >= 4 is 29.2 Å². The number of ether oxygens (including phenoxy) is 2. The number of halogens is 2. The van der Waals surface area contributed by atoms with Crippen molar-refractivity contribution in [2.45, 2.75) is 0 Å². The van der Waals surface area contributed by atoms with Gasteiger partial charge in [-0.15, -0.1) is 0 Å². The lowest BCUT2D eigenvalue weighted by atomic mass is 10.3. The molecule has 16 heavy (non-hydrogen) atoms. The normalized spacial score (nSPS) is 9.94. The molecule has 0 amide bonds. The fraction of sp³-hybridized carbons (Fsp3) is 0.300. The molecule has 0 unspecified atom stereocenters. The third-order valence-electron chi connectivity index (χ3n) is 1.62. The van der Waals surface area contributed by atoms with Crippen LogP contribution >= 0.6 is 23.2 Å². The number of carbonyl (C=O) groups excluding carboxylic acids is 1. The maximum absolute atomic E-state index is 11.1. The second-order valence-electron chi connectivity index (χ2n) is 2.87. The molecule has 1 rings (SSSR count). The predicted octanol–water partition coefficient (Wildman–Crippen LogP) is 1.87. The topological polar surface area (TPSA) is 61.5 Å². The molecule has 0 aliphatic carbocycles. The molecule has 0 saturated carbocycles. The zero-order valence-electron chi connectivity index (χ0n) is 8.41. The first-order chi connectivity index (χ1) is 7.63. The predicted molar refractivity (Wildman–Crippen MR) is 62.0 cm³/mol. The lowest BCUT2D eigenvalue weighted by molar-refractivity contribution is -0.145. The third-order valence-corrected chi connectivity index (χ3v) is 2.15. The molecule has 0 atom stereocenters. The smallest absolute Gasteiger partial charge is 0.344 e. The summed E-state index contributed by atoms with van der Waals surface area (Å²) in [6.45, 7) is 0.255. The number of nitrogens with two attached hydrogens (primary N) is 1. The van der Waals surface area contributed by atoms with Crippen LogP contribution in [0.5, 0.6) is 5.75 Å². The van der Waals surface area contributed by atoms with Crippen molar-refractivity contribution < 1.29 is 14.3 Å². The summed E-state index contributed by atoms with van der Waals surface area (Å²) in [7, 11) is 0. The highest BCUT2D eigenvalue weighted by Gasteiger charge is 2.06. The lowest BCUT2D eigenvalue weighted by Gasteiger charge is -2.07. The minimum atomic E-state index is -0.489. The fourth-order valence-electron chi connectivity index (χ4n) is 0.943. The monoisotopic (exact) mass is 263 g/mol. The van der Waals surface area contributed by atoms with E-state index in [0.29, 0.717) is 15.8 Å². The molecule has 0 aliphatic heterocycles. The maximum Gasteiger partial charge on any atom is 0.344 e. The van der Waals surface area contributed by atoms with Crippen molar-refractivity contribution in [2.24, 2.45) is 5.73 Å². The molecule has 0 saturated heterocycles. The maximum atomic E-state index is 11.1. The molecule has 0 aromatic heterocycles. The molecule has 2 N–H and O–H groups in total. The fourth-order valence-corrected chi connectivity index (χ4v) is 1.41. The van der Waals surface area contributed by atoms with Crippen molar-refractivity contribution in [1.29, 1.82) is 0 Å². The van der Waals surface area contributed by atoms with Gasteiger partial charge < -0.3 is 15.2 Å². The number of hydrogen-bond donors (Lipinski definition) is 1. The molecule has 1 aromatic rings. The van der Waals surface area contributed by atoms with Crippen molar-refractivity contribution in [3.63, 3.8) is 0 Å². The first kappa shape index (κ1) is 13.1.